The van der Waals surface area contributed by atoms with Crippen LogP contribution in [0.4, 0.5) is 11.4 Å². The van der Waals surface area contributed by atoms with E-state index in [4.69, 9.17) is 11.0 Å². The average molecular weight is 230 g/mol. The standard InChI is InChI=1S/C12H14N4O/c1-16-5-4-11(12(16)17)15-9-3-2-8(7-13)10(14)6-9/h2-3,6,11,15H,4-5,14H2,1H3. The number of nitrogens with one attached hydrogen (secondary N) is 1. The van der Waals surface area contributed by atoms with Crippen LogP contribution in [0.2, 0.25) is 0 Å². The lowest BCUT2D eigenvalue weighted by molar-refractivity contribution is -0.127. The Morgan fingerprint density at radius 1 is 1.59 bits per heavy atom. The molecule has 1 aromatic rings. The summed E-state index contributed by atoms with van der Waals surface area (Å²) in [5.74, 6) is 0.0907. The van der Waals surface area contributed by atoms with Crippen molar-refractivity contribution in [1.82, 2.24) is 4.90 Å². The lowest BCUT2D eigenvalue weighted by atomic mass is 10.1. The van der Waals surface area contributed by atoms with Gasteiger partial charge in [0, 0.05) is 19.3 Å². The van der Waals surface area contributed by atoms with Gasteiger partial charge in [-0.1, -0.05) is 0 Å². The van der Waals surface area contributed by atoms with Crippen LogP contribution in [0.15, 0.2) is 18.2 Å². The summed E-state index contributed by atoms with van der Waals surface area (Å²) in [6.45, 7) is 0.766. The smallest absolute Gasteiger partial charge is 0.244 e. The Morgan fingerprint density at radius 3 is 2.88 bits per heavy atom. The first-order valence-electron chi connectivity index (χ1n) is 5.43. The monoisotopic (exact) mass is 230 g/mol. The highest BCUT2D eigenvalue weighted by Crippen LogP contribution is 2.20. The van der Waals surface area contributed by atoms with Crippen LogP contribution < -0.4 is 11.1 Å². The number of nitrogens with zero attached hydrogens (tertiary/aromatic N) is 2. The molecule has 5 nitrogen and oxygen atoms in total. The molecule has 0 radical (unpaired) electrons. The zero-order valence-corrected chi connectivity index (χ0v) is 9.60. The normalized spacial score (nSPS) is 19.2. The molecule has 0 bridgehead atoms. The van der Waals surface area contributed by atoms with E-state index in [9.17, 15) is 4.79 Å². The molecule has 0 aliphatic carbocycles. The molecule has 17 heavy (non-hydrogen) atoms. The van der Waals surface area contributed by atoms with Crippen LogP contribution in [-0.4, -0.2) is 30.4 Å². The van der Waals surface area contributed by atoms with E-state index in [1.807, 2.05) is 6.07 Å². The number of anilines is 2. The van der Waals surface area contributed by atoms with Crippen LogP contribution in [-0.2, 0) is 4.79 Å². The van der Waals surface area contributed by atoms with Gasteiger partial charge in [0.25, 0.3) is 0 Å². The molecule has 1 aliphatic rings. The molecule has 5 heteroatoms. The predicted octanol–water partition coefficient (Wildman–Crippen LogP) is 0.783. The second-order valence-electron chi connectivity index (χ2n) is 4.16. The van der Waals surface area contributed by atoms with Crippen molar-refractivity contribution in [3.8, 4) is 6.07 Å². The van der Waals surface area contributed by atoms with Gasteiger partial charge in [0.05, 0.1) is 11.3 Å². The molecule has 2 rings (SSSR count). The van der Waals surface area contributed by atoms with Gasteiger partial charge in [-0.15, -0.1) is 0 Å². The van der Waals surface area contributed by atoms with Crippen molar-refractivity contribution in [3.63, 3.8) is 0 Å². The SMILES string of the molecule is CN1CCC(Nc2ccc(C#N)c(N)c2)C1=O. The molecule has 0 spiro atoms. The Kier molecular flexibility index (Phi) is 2.88. The molecule has 1 heterocycles. The Hall–Kier alpha value is -2.22. The molecule has 1 atom stereocenters. The number of nitrogen functional groups attached to an aromatic ring is 1. The fourth-order valence-corrected chi connectivity index (χ4v) is 1.91. The maximum atomic E-state index is 11.7. The number of benzene rings is 1. The topological polar surface area (TPSA) is 82.2 Å². The molecular formula is C12H14N4O. The first-order valence-corrected chi connectivity index (χ1v) is 5.43. The summed E-state index contributed by atoms with van der Waals surface area (Å²) in [6.07, 6.45) is 0.787. The number of carbonyl (C=O) groups excluding carboxylic acids is 1. The molecule has 1 aliphatic heterocycles. The molecule has 1 fully saturated rings. The van der Waals surface area contributed by atoms with Crippen molar-refractivity contribution in [2.75, 3.05) is 24.6 Å². The van der Waals surface area contributed by atoms with Crippen LogP contribution in [0.25, 0.3) is 0 Å². The van der Waals surface area contributed by atoms with Crippen LogP contribution in [0.3, 0.4) is 0 Å². The predicted molar refractivity (Wildman–Crippen MR) is 65.2 cm³/mol. The number of hydrogen-bond acceptors (Lipinski definition) is 4. The molecule has 1 aromatic carbocycles. The molecule has 0 aromatic heterocycles. The highest BCUT2D eigenvalue weighted by molar-refractivity contribution is 5.86. The number of hydrogen-bond donors (Lipinski definition) is 2. The third kappa shape index (κ3) is 2.16. The van der Waals surface area contributed by atoms with Gasteiger partial charge in [-0.2, -0.15) is 5.26 Å². The molecule has 3 N–H and O–H groups in total. The van der Waals surface area contributed by atoms with E-state index in [-0.39, 0.29) is 11.9 Å². The molecule has 1 unspecified atom stereocenters. The van der Waals surface area contributed by atoms with Crippen molar-refractivity contribution >= 4 is 17.3 Å². The third-order valence-corrected chi connectivity index (χ3v) is 2.94. The average Bonchev–Trinajstić information content (AvgIpc) is 2.61. The van der Waals surface area contributed by atoms with E-state index in [0.29, 0.717) is 11.3 Å². The first kappa shape index (κ1) is 11.3. The third-order valence-electron chi connectivity index (χ3n) is 2.94. The van der Waals surface area contributed by atoms with Gasteiger partial charge in [0.2, 0.25) is 5.91 Å². The number of rotatable bonds is 2. The summed E-state index contributed by atoms with van der Waals surface area (Å²) in [4.78, 5) is 13.4. The Morgan fingerprint density at radius 2 is 2.35 bits per heavy atom. The molecule has 0 saturated carbocycles. The number of nitriles is 1. The second-order valence-corrected chi connectivity index (χ2v) is 4.16. The molecule has 1 saturated heterocycles. The summed E-state index contributed by atoms with van der Waals surface area (Å²) in [5, 5.41) is 11.9. The summed E-state index contributed by atoms with van der Waals surface area (Å²) in [7, 11) is 1.79. The lowest BCUT2D eigenvalue weighted by Crippen LogP contribution is -2.30. The first-order chi connectivity index (χ1) is 8.11. The fraction of sp³-hybridized carbons (Fsp3) is 0.333. The van der Waals surface area contributed by atoms with Crippen LogP contribution >= 0.6 is 0 Å². The number of likely N-dealkylation sites (tertiary alicyclic amines) is 1. The second kappa shape index (κ2) is 4.34. The fourth-order valence-electron chi connectivity index (χ4n) is 1.91. The summed E-state index contributed by atoms with van der Waals surface area (Å²) >= 11 is 0. The van der Waals surface area contributed by atoms with Crippen molar-refractivity contribution in [3.05, 3.63) is 23.8 Å². The van der Waals surface area contributed by atoms with Gasteiger partial charge in [0.15, 0.2) is 0 Å². The van der Waals surface area contributed by atoms with E-state index >= 15 is 0 Å². The van der Waals surface area contributed by atoms with Gasteiger partial charge >= 0.3 is 0 Å². The summed E-state index contributed by atoms with van der Waals surface area (Å²) < 4.78 is 0. The van der Waals surface area contributed by atoms with Crippen molar-refractivity contribution in [2.45, 2.75) is 12.5 Å². The van der Waals surface area contributed by atoms with Gasteiger partial charge in [-0.25, -0.2) is 0 Å². The summed E-state index contributed by atoms with van der Waals surface area (Å²) in [5.41, 5.74) is 7.36. The minimum absolute atomic E-state index is 0.0907. The highest BCUT2D eigenvalue weighted by Gasteiger charge is 2.28. The molecular weight excluding hydrogens is 216 g/mol. The zero-order chi connectivity index (χ0) is 12.4. The van der Waals surface area contributed by atoms with Gasteiger partial charge in [-0.05, 0) is 24.6 Å². The molecule has 1 amide bonds. The quantitative estimate of drug-likeness (QED) is 0.736. The number of amides is 1. The largest absolute Gasteiger partial charge is 0.398 e. The Bertz CT molecular complexity index is 492. The van der Waals surface area contributed by atoms with Crippen LogP contribution in [0.1, 0.15) is 12.0 Å². The zero-order valence-electron chi connectivity index (χ0n) is 9.60. The minimum atomic E-state index is -0.188. The summed E-state index contributed by atoms with van der Waals surface area (Å²) in [6, 6.07) is 6.92. The van der Waals surface area contributed by atoms with Crippen molar-refractivity contribution in [1.29, 1.82) is 5.26 Å². The Balaban J connectivity index is 2.13. The maximum Gasteiger partial charge on any atom is 0.244 e. The number of carbonyl (C=O) groups is 1. The number of nitrogens with two attached hydrogens (primary N) is 1. The minimum Gasteiger partial charge on any atom is -0.398 e. The van der Waals surface area contributed by atoms with E-state index in [1.165, 1.54) is 0 Å². The van der Waals surface area contributed by atoms with E-state index in [1.54, 1.807) is 30.1 Å². The Labute approximate surface area is 99.8 Å². The van der Waals surface area contributed by atoms with Gasteiger partial charge in [0.1, 0.15) is 12.1 Å². The van der Waals surface area contributed by atoms with Gasteiger partial charge < -0.3 is 16.0 Å². The molecule has 88 valence electrons. The lowest BCUT2D eigenvalue weighted by Gasteiger charge is -2.14. The maximum absolute atomic E-state index is 11.7. The van der Waals surface area contributed by atoms with Gasteiger partial charge in [-0.3, -0.25) is 4.79 Å². The number of likely N-dealkylation sites (N-methyl/N-ethyl adjacent to an activating group) is 1. The van der Waals surface area contributed by atoms with E-state index in [0.717, 1.165) is 18.7 Å². The van der Waals surface area contributed by atoms with Crippen LogP contribution in [0.5, 0.6) is 0 Å². The highest BCUT2D eigenvalue weighted by atomic mass is 16.2. The van der Waals surface area contributed by atoms with Crippen molar-refractivity contribution < 1.29 is 4.79 Å². The van der Waals surface area contributed by atoms with Crippen LogP contribution in [0, 0.1) is 11.3 Å². The van der Waals surface area contributed by atoms with Crippen molar-refractivity contribution in [2.24, 2.45) is 0 Å². The van der Waals surface area contributed by atoms with E-state index in [2.05, 4.69) is 5.32 Å². The van der Waals surface area contributed by atoms with E-state index < -0.39 is 0 Å².